The van der Waals surface area contributed by atoms with Crippen molar-refractivity contribution >= 4 is 11.5 Å². The number of hydrogen-bond donors (Lipinski definition) is 2. The van der Waals surface area contributed by atoms with Crippen LogP contribution in [-0.2, 0) is 4.74 Å². The largest absolute Gasteiger partial charge is 0.381 e. The lowest BCUT2D eigenvalue weighted by Gasteiger charge is -2.36. The molecule has 0 aliphatic carbocycles. The number of rotatable bonds is 3. The molecule has 4 rings (SSSR count). The lowest BCUT2D eigenvalue weighted by atomic mass is 10.0. The minimum absolute atomic E-state index is 0.224. The Balaban J connectivity index is 1.51. The van der Waals surface area contributed by atoms with Crippen molar-refractivity contribution in [3.63, 3.8) is 0 Å². The van der Waals surface area contributed by atoms with Crippen LogP contribution in [0.3, 0.4) is 0 Å². The van der Waals surface area contributed by atoms with Gasteiger partial charge in [-0.3, -0.25) is 0 Å². The van der Waals surface area contributed by atoms with Crippen LogP contribution in [0.4, 0.5) is 5.82 Å². The van der Waals surface area contributed by atoms with Crippen molar-refractivity contribution in [1.29, 1.82) is 0 Å². The van der Waals surface area contributed by atoms with E-state index >= 15 is 0 Å². The molecule has 0 radical (unpaired) electrons. The first-order valence-electron chi connectivity index (χ1n) is 8.32. The number of anilines is 1. The molecule has 4 heterocycles. The van der Waals surface area contributed by atoms with Crippen LogP contribution in [0.2, 0.25) is 0 Å². The van der Waals surface area contributed by atoms with E-state index in [1.165, 1.54) is 10.8 Å². The molecule has 2 fully saturated rings. The molecule has 0 amide bonds. The Bertz CT molecular complexity index is 720. The standard InChI is InChI=1S/C15H22N6O2/c22-15-19-18-14-13(16-5-7-21(14)15)20-6-1-2-12(10-20)17-11-3-8-23-9-4-11/h5,7,11-12,17H,1-4,6,8-10H2,(H,19,22). The van der Waals surface area contributed by atoms with Crippen LogP contribution in [0, 0.1) is 0 Å². The number of hydrogen-bond acceptors (Lipinski definition) is 6. The number of ether oxygens (including phenoxy) is 1. The van der Waals surface area contributed by atoms with E-state index in [1.807, 2.05) is 0 Å². The predicted molar refractivity (Wildman–Crippen MR) is 85.8 cm³/mol. The Morgan fingerprint density at radius 3 is 3.00 bits per heavy atom. The van der Waals surface area contributed by atoms with Crippen molar-refractivity contribution in [1.82, 2.24) is 24.9 Å². The van der Waals surface area contributed by atoms with Gasteiger partial charge in [0.25, 0.3) is 0 Å². The second-order valence-corrected chi connectivity index (χ2v) is 6.31. The SMILES string of the molecule is O=c1[nH]nc2c(N3CCCC(NC4CCOCC4)C3)nccn12. The van der Waals surface area contributed by atoms with Gasteiger partial charge in [-0.15, -0.1) is 5.10 Å². The van der Waals surface area contributed by atoms with E-state index in [0.29, 0.717) is 17.7 Å². The molecule has 0 bridgehead atoms. The van der Waals surface area contributed by atoms with E-state index in [2.05, 4.69) is 25.4 Å². The third-order valence-corrected chi connectivity index (χ3v) is 4.73. The minimum atomic E-state index is -0.224. The van der Waals surface area contributed by atoms with Gasteiger partial charge >= 0.3 is 5.69 Å². The maximum Gasteiger partial charge on any atom is 0.347 e. The third kappa shape index (κ3) is 2.96. The summed E-state index contributed by atoms with van der Waals surface area (Å²) in [7, 11) is 0. The monoisotopic (exact) mass is 318 g/mol. The molecule has 1 unspecified atom stereocenters. The van der Waals surface area contributed by atoms with Crippen molar-refractivity contribution < 1.29 is 4.74 Å². The van der Waals surface area contributed by atoms with E-state index in [0.717, 1.165) is 51.4 Å². The highest BCUT2D eigenvalue weighted by molar-refractivity contribution is 5.63. The topological polar surface area (TPSA) is 87.5 Å². The van der Waals surface area contributed by atoms with E-state index in [4.69, 9.17) is 4.74 Å². The van der Waals surface area contributed by atoms with Gasteiger partial charge in [-0.2, -0.15) is 0 Å². The normalized spacial score (nSPS) is 23.5. The highest BCUT2D eigenvalue weighted by atomic mass is 16.5. The Kier molecular flexibility index (Phi) is 4.00. The second-order valence-electron chi connectivity index (χ2n) is 6.31. The number of nitrogens with one attached hydrogen (secondary N) is 2. The zero-order chi connectivity index (χ0) is 15.6. The average molecular weight is 318 g/mol. The summed E-state index contributed by atoms with van der Waals surface area (Å²) in [5.74, 6) is 0.782. The minimum Gasteiger partial charge on any atom is -0.381 e. The van der Waals surface area contributed by atoms with Crippen molar-refractivity contribution in [3.05, 3.63) is 22.9 Å². The fraction of sp³-hybridized carbons (Fsp3) is 0.667. The molecule has 0 aromatic carbocycles. The van der Waals surface area contributed by atoms with Gasteiger partial charge in [0.15, 0.2) is 5.82 Å². The maximum atomic E-state index is 11.7. The van der Waals surface area contributed by atoms with Gasteiger partial charge < -0.3 is 15.0 Å². The summed E-state index contributed by atoms with van der Waals surface area (Å²) >= 11 is 0. The van der Waals surface area contributed by atoms with Crippen LogP contribution in [0.15, 0.2) is 17.2 Å². The average Bonchev–Trinajstić information content (AvgIpc) is 2.98. The summed E-state index contributed by atoms with van der Waals surface area (Å²) in [6, 6.07) is 0.991. The first-order valence-corrected chi connectivity index (χ1v) is 8.32. The molecule has 0 spiro atoms. The molecule has 2 saturated heterocycles. The molecular weight excluding hydrogens is 296 g/mol. The number of piperidine rings is 1. The summed E-state index contributed by atoms with van der Waals surface area (Å²) in [6.45, 7) is 3.54. The van der Waals surface area contributed by atoms with E-state index < -0.39 is 0 Å². The van der Waals surface area contributed by atoms with E-state index in [1.54, 1.807) is 12.4 Å². The molecule has 124 valence electrons. The highest BCUT2D eigenvalue weighted by Gasteiger charge is 2.25. The molecule has 1 atom stereocenters. The highest BCUT2D eigenvalue weighted by Crippen LogP contribution is 2.21. The van der Waals surface area contributed by atoms with Gasteiger partial charge in [0.05, 0.1) is 0 Å². The number of aromatic nitrogens is 4. The zero-order valence-corrected chi connectivity index (χ0v) is 13.1. The van der Waals surface area contributed by atoms with Crippen LogP contribution in [0.25, 0.3) is 5.65 Å². The van der Waals surface area contributed by atoms with Gasteiger partial charge in [0.1, 0.15) is 0 Å². The predicted octanol–water partition coefficient (Wildman–Crippen LogP) is 0.155. The number of aromatic amines is 1. The lowest BCUT2D eigenvalue weighted by molar-refractivity contribution is 0.0742. The van der Waals surface area contributed by atoms with Crippen LogP contribution in [-0.4, -0.2) is 58.0 Å². The smallest absolute Gasteiger partial charge is 0.347 e. The quantitative estimate of drug-likeness (QED) is 0.838. The molecule has 8 nitrogen and oxygen atoms in total. The first kappa shape index (κ1) is 14.6. The zero-order valence-electron chi connectivity index (χ0n) is 13.1. The van der Waals surface area contributed by atoms with Crippen LogP contribution in [0.5, 0.6) is 0 Å². The Hall–Kier alpha value is -1.93. The Morgan fingerprint density at radius 1 is 1.26 bits per heavy atom. The fourth-order valence-electron chi connectivity index (χ4n) is 3.56. The number of nitrogens with zero attached hydrogens (tertiary/aromatic N) is 4. The molecule has 2 aromatic rings. The maximum absolute atomic E-state index is 11.7. The van der Waals surface area contributed by atoms with Gasteiger partial charge in [0.2, 0.25) is 5.65 Å². The van der Waals surface area contributed by atoms with E-state index in [-0.39, 0.29) is 5.69 Å². The van der Waals surface area contributed by atoms with Gasteiger partial charge in [-0.25, -0.2) is 19.3 Å². The molecule has 2 aromatic heterocycles. The molecule has 2 aliphatic heterocycles. The second kappa shape index (κ2) is 6.29. The molecule has 2 aliphatic rings. The summed E-state index contributed by atoms with van der Waals surface area (Å²) in [6.07, 6.45) is 7.75. The summed E-state index contributed by atoms with van der Waals surface area (Å²) in [5, 5.41) is 10.4. The third-order valence-electron chi connectivity index (χ3n) is 4.73. The summed E-state index contributed by atoms with van der Waals surface area (Å²) in [4.78, 5) is 18.4. The van der Waals surface area contributed by atoms with Crippen LogP contribution < -0.4 is 15.9 Å². The Morgan fingerprint density at radius 2 is 2.13 bits per heavy atom. The summed E-state index contributed by atoms with van der Waals surface area (Å²) in [5.41, 5.74) is 0.377. The van der Waals surface area contributed by atoms with Crippen molar-refractivity contribution in [3.8, 4) is 0 Å². The summed E-state index contributed by atoms with van der Waals surface area (Å²) < 4.78 is 6.94. The molecular formula is C15H22N6O2. The van der Waals surface area contributed by atoms with Crippen molar-refractivity contribution in [2.24, 2.45) is 0 Å². The fourth-order valence-corrected chi connectivity index (χ4v) is 3.56. The number of H-pyrrole nitrogens is 1. The molecule has 23 heavy (non-hydrogen) atoms. The van der Waals surface area contributed by atoms with Crippen LogP contribution >= 0.6 is 0 Å². The van der Waals surface area contributed by atoms with Gasteiger partial charge in [-0.1, -0.05) is 0 Å². The van der Waals surface area contributed by atoms with Crippen LogP contribution in [0.1, 0.15) is 25.7 Å². The first-order chi connectivity index (χ1) is 11.3. The van der Waals surface area contributed by atoms with Gasteiger partial charge in [-0.05, 0) is 25.7 Å². The molecule has 0 saturated carbocycles. The lowest BCUT2D eigenvalue weighted by Crippen LogP contribution is -2.50. The number of fused-ring (bicyclic) bond motifs is 1. The van der Waals surface area contributed by atoms with E-state index in [9.17, 15) is 4.79 Å². The van der Waals surface area contributed by atoms with Gasteiger partial charge in [0, 0.05) is 50.8 Å². The van der Waals surface area contributed by atoms with Crippen molar-refractivity contribution in [2.75, 3.05) is 31.2 Å². The Labute approximate surface area is 133 Å². The molecule has 8 heteroatoms. The van der Waals surface area contributed by atoms with Crippen molar-refractivity contribution in [2.45, 2.75) is 37.8 Å². The molecule has 2 N–H and O–H groups in total.